The predicted molar refractivity (Wildman–Crippen MR) is 85.1 cm³/mol. The van der Waals surface area contributed by atoms with Gasteiger partial charge in [-0.3, -0.25) is 0 Å². The van der Waals surface area contributed by atoms with Crippen molar-refractivity contribution in [2.75, 3.05) is 0 Å². The van der Waals surface area contributed by atoms with E-state index < -0.39 is 0 Å². The summed E-state index contributed by atoms with van der Waals surface area (Å²) in [6.07, 6.45) is 0. The summed E-state index contributed by atoms with van der Waals surface area (Å²) in [5.41, 5.74) is 6.89. The Bertz CT molecular complexity index is 741. The Labute approximate surface area is 115 Å². The molecule has 0 nitrogen and oxygen atoms in total. The maximum absolute atomic E-state index is 2.33. The lowest BCUT2D eigenvalue weighted by molar-refractivity contribution is 1.35. The van der Waals surface area contributed by atoms with Gasteiger partial charge in [0.1, 0.15) is 0 Å². The average Bonchev–Trinajstić information content (AvgIpc) is 2.35. The Morgan fingerprint density at radius 1 is 0.474 bits per heavy atom. The quantitative estimate of drug-likeness (QED) is 0.458. The zero-order valence-corrected chi connectivity index (χ0v) is 12.4. The van der Waals surface area contributed by atoms with E-state index in [0.717, 1.165) is 0 Å². The second-order valence-electron chi connectivity index (χ2n) is 5.82. The van der Waals surface area contributed by atoms with Gasteiger partial charge >= 0.3 is 0 Å². The van der Waals surface area contributed by atoms with Gasteiger partial charge in [-0.05, 0) is 90.0 Å². The second-order valence-corrected chi connectivity index (χ2v) is 5.82. The summed E-state index contributed by atoms with van der Waals surface area (Å²) in [4.78, 5) is 0. The lowest BCUT2D eigenvalue weighted by Gasteiger charge is -2.12. The van der Waals surface area contributed by atoms with Gasteiger partial charge in [0, 0.05) is 0 Å². The van der Waals surface area contributed by atoms with E-state index >= 15 is 0 Å². The molecule has 0 bridgehead atoms. The van der Waals surface area contributed by atoms with Crippen LogP contribution in [-0.2, 0) is 0 Å². The van der Waals surface area contributed by atoms with Gasteiger partial charge in [0.25, 0.3) is 0 Å². The topological polar surface area (TPSA) is 0 Å². The minimum absolute atomic E-state index is 1.36. The monoisotopic (exact) mass is 248 g/mol. The highest BCUT2D eigenvalue weighted by molar-refractivity contribution is 6.03. The minimum atomic E-state index is 1.36. The van der Waals surface area contributed by atoms with Crippen LogP contribution in [0, 0.1) is 34.6 Å². The van der Waals surface area contributed by atoms with Crippen molar-refractivity contribution in [3.63, 3.8) is 0 Å². The van der Waals surface area contributed by atoms with Gasteiger partial charge in [-0.2, -0.15) is 0 Å². The summed E-state index contributed by atoms with van der Waals surface area (Å²) < 4.78 is 0. The molecule has 0 radical (unpaired) electrons. The molecule has 19 heavy (non-hydrogen) atoms. The highest BCUT2D eigenvalue weighted by Crippen LogP contribution is 2.31. The standard InChI is InChI=1S/C19H20/c1-11-6-16-10-17-7-12(2)14(4)9-19(17)15(5)18(16)8-13(11)3/h6-10H,1-5H3. The Kier molecular flexibility index (Phi) is 2.63. The summed E-state index contributed by atoms with van der Waals surface area (Å²) in [6.45, 7) is 11.0. The molecule has 0 aliphatic rings. The summed E-state index contributed by atoms with van der Waals surface area (Å²) in [5, 5.41) is 5.49. The van der Waals surface area contributed by atoms with E-state index in [9.17, 15) is 0 Å². The van der Waals surface area contributed by atoms with E-state index in [-0.39, 0.29) is 0 Å². The highest BCUT2D eigenvalue weighted by atomic mass is 14.1. The van der Waals surface area contributed by atoms with Crippen LogP contribution < -0.4 is 0 Å². The van der Waals surface area contributed by atoms with Crippen LogP contribution in [0.2, 0.25) is 0 Å². The molecule has 3 aromatic rings. The zero-order valence-electron chi connectivity index (χ0n) is 12.4. The van der Waals surface area contributed by atoms with Gasteiger partial charge in [-0.15, -0.1) is 0 Å². The number of benzene rings is 3. The molecule has 0 heteroatoms. The first-order valence-corrected chi connectivity index (χ1v) is 6.89. The van der Waals surface area contributed by atoms with Crippen LogP contribution >= 0.6 is 0 Å². The summed E-state index contributed by atoms with van der Waals surface area (Å²) >= 11 is 0. The number of fused-ring (bicyclic) bond motifs is 2. The third-order valence-corrected chi connectivity index (χ3v) is 4.45. The lowest BCUT2D eigenvalue weighted by atomic mass is 9.92. The van der Waals surface area contributed by atoms with Crippen LogP contribution in [0.15, 0.2) is 30.3 Å². The predicted octanol–water partition coefficient (Wildman–Crippen LogP) is 5.54. The van der Waals surface area contributed by atoms with E-state index in [1.54, 1.807) is 0 Å². The molecular weight excluding hydrogens is 228 g/mol. The molecule has 3 rings (SSSR count). The average molecular weight is 248 g/mol. The second kappa shape index (κ2) is 4.09. The molecule has 0 aliphatic carbocycles. The third kappa shape index (κ3) is 1.83. The third-order valence-electron chi connectivity index (χ3n) is 4.45. The summed E-state index contributed by atoms with van der Waals surface area (Å²) in [5.74, 6) is 0. The Morgan fingerprint density at radius 2 is 0.842 bits per heavy atom. The van der Waals surface area contributed by atoms with Crippen LogP contribution in [-0.4, -0.2) is 0 Å². The van der Waals surface area contributed by atoms with E-state index in [0.29, 0.717) is 0 Å². The molecule has 0 amide bonds. The van der Waals surface area contributed by atoms with Crippen molar-refractivity contribution >= 4 is 21.5 Å². The molecule has 0 aromatic heterocycles. The maximum Gasteiger partial charge on any atom is -0.0145 e. The molecular formula is C19H20. The van der Waals surface area contributed by atoms with Crippen molar-refractivity contribution in [3.8, 4) is 0 Å². The highest BCUT2D eigenvalue weighted by Gasteiger charge is 2.07. The van der Waals surface area contributed by atoms with E-state index in [2.05, 4.69) is 65.0 Å². The van der Waals surface area contributed by atoms with Crippen LogP contribution in [0.1, 0.15) is 27.8 Å². The van der Waals surface area contributed by atoms with Crippen LogP contribution in [0.5, 0.6) is 0 Å². The van der Waals surface area contributed by atoms with E-state index in [1.807, 2.05) is 0 Å². The van der Waals surface area contributed by atoms with Gasteiger partial charge in [-0.1, -0.05) is 24.3 Å². The molecule has 0 saturated heterocycles. The molecule has 96 valence electrons. The zero-order chi connectivity index (χ0) is 13.7. The Hall–Kier alpha value is -1.82. The van der Waals surface area contributed by atoms with Gasteiger partial charge in [-0.25, -0.2) is 0 Å². The lowest BCUT2D eigenvalue weighted by Crippen LogP contribution is -1.89. The van der Waals surface area contributed by atoms with Crippen LogP contribution in [0.4, 0.5) is 0 Å². The number of rotatable bonds is 0. The van der Waals surface area contributed by atoms with Gasteiger partial charge in [0.15, 0.2) is 0 Å². The largest absolute Gasteiger partial charge is 0.0511 e. The first-order valence-electron chi connectivity index (χ1n) is 6.89. The first-order chi connectivity index (χ1) is 8.97. The maximum atomic E-state index is 2.33. The van der Waals surface area contributed by atoms with Gasteiger partial charge in [0.2, 0.25) is 0 Å². The van der Waals surface area contributed by atoms with Crippen molar-refractivity contribution in [2.45, 2.75) is 34.6 Å². The molecule has 0 atom stereocenters. The molecule has 3 aromatic carbocycles. The number of aryl methyl sites for hydroxylation is 5. The number of hydrogen-bond acceptors (Lipinski definition) is 0. The van der Waals surface area contributed by atoms with Gasteiger partial charge in [0.05, 0.1) is 0 Å². The van der Waals surface area contributed by atoms with Crippen LogP contribution in [0.3, 0.4) is 0 Å². The summed E-state index contributed by atoms with van der Waals surface area (Å²) in [7, 11) is 0. The van der Waals surface area contributed by atoms with Gasteiger partial charge < -0.3 is 0 Å². The van der Waals surface area contributed by atoms with E-state index in [4.69, 9.17) is 0 Å². The van der Waals surface area contributed by atoms with Crippen molar-refractivity contribution in [1.29, 1.82) is 0 Å². The SMILES string of the molecule is Cc1cc2cc3cc(C)c(C)cc3c(C)c2cc1C. The Morgan fingerprint density at radius 3 is 1.26 bits per heavy atom. The fraction of sp³-hybridized carbons (Fsp3) is 0.263. The molecule has 0 heterocycles. The molecule has 0 N–H and O–H groups in total. The van der Waals surface area contributed by atoms with Crippen molar-refractivity contribution in [2.24, 2.45) is 0 Å². The first kappa shape index (κ1) is 12.2. The molecule has 0 spiro atoms. The summed E-state index contributed by atoms with van der Waals surface area (Å²) in [6, 6.07) is 11.6. The minimum Gasteiger partial charge on any atom is -0.0511 e. The normalized spacial score (nSPS) is 11.4. The molecule has 0 unspecified atom stereocenters. The number of hydrogen-bond donors (Lipinski definition) is 0. The smallest absolute Gasteiger partial charge is 0.0145 e. The van der Waals surface area contributed by atoms with Crippen LogP contribution in [0.25, 0.3) is 21.5 Å². The fourth-order valence-electron chi connectivity index (χ4n) is 2.88. The Balaban J connectivity index is 2.52. The fourth-order valence-corrected chi connectivity index (χ4v) is 2.88. The van der Waals surface area contributed by atoms with Crippen molar-refractivity contribution < 1.29 is 0 Å². The van der Waals surface area contributed by atoms with Crippen molar-refractivity contribution in [1.82, 2.24) is 0 Å². The molecule has 0 aliphatic heterocycles. The molecule has 0 saturated carbocycles. The van der Waals surface area contributed by atoms with Crippen molar-refractivity contribution in [3.05, 3.63) is 58.1 Å². The molecule has 0 fully saturated rings. The van der Waals surface area contributed by atoms with E-state index in [1.165, 1.54) is 49.4 Å².